The van der Waals surface area contributed by atoms with Crippen molar-refractivity contribution in [1.29, 1.82) is 0 Å². The van der Waals surface area contributed by atoms with E-state index < -0.39 is 17.8 Å². The molecule has 0 unspecified atom stereocenters. The number of rotatable bonds is 4. The van der Waals surface area contributed by atoms with Crippen LogP contribution >= 0.6 is 0 Å². The Morgan fingerprint density at radius 1 is 1.09 bits per heavy atom. The monoisotopic (exact) mass is 299 g/mol. The molecule has 1 fully saturated rings. The second-order valence-corrected chi connectivity index (χ2v) is 5.93. The standard InChI is InChI=1S/C17H17NO4/c1-9(19)12-4-2-3-5-13(12)18-16(20)14-10-6-7-11(8-10)15(14)17(21)22/h2-7,10-11,14-15H,8H2,1H3,(H,18,20)(H,21,22)/t10-,11+,14-,15+/m1/s1. The van der Waals surface area contributed by atoms with Gasteiger partial charge in [-0.1, -0.05) is 24.3 Å². The molecule has 114 valence electrons. The number of nitrogens with one attached hydrogen (secondary N) is 1. The normalized spacial score (nSPS) is 28.6. The number of carboxylic acid groups (broad SMARTS) is 1. The van der Waals surface area contributed by atoms with E-state index in [1.165, 1.54) is 6.92 Å². The number of aliphatic carboxylic acids is 1. The number of ketones is 1. The number of anilines is 1. The van der Waals surface area contributed by atoms with Crippen molar-refractivity contribution in [2.75, 3.05) is 5.32 Å². The minimum absolute atomic E-state index is 0.0319. The number of fused-ring (bicyclic) bond motifs is 2. The van der Waals surface area contributed by atoms with E-state index in [1.54, 1.807) is 24.3 Å². The lowest BCUT2D eigenvalue weighted by Crippen LogP contribution is -2.36. The van der Waals surface area contributed by atoms with Crippen LogP contribution in [0, 0.1) is 23.7 Å². The van der Waals surface area contributed by atoms with Gasteiger partial charge < -0.3 is 10.4 Å². The summed E-state index contributed by atoms with van der Waals surface area (Å²) in [5, 5.41) is 12.1. The Hall–Kier alpha value is -2.43. The summed E-state index contributed by atoms with van der Waals surface area (Å²) in [6, 6.07) is 6.77. The van der Waals surface area contributed by atoms with Crippen molar-refractivity contribution in [1.82, 2.24) is 0 Å². The maximum atomic E-state index is 12.6. The third-order valence-electron chi connectivity index (χ3n) is 4.61. The number of carboxylic acids is 1. The van der Waals surface area contributed by atoms with Gasteiger partial charge in [-0.15, -0.1) is 0 Å². The zero-order valence-electron chi connectivity index (χ0n) is 12.2. The van der Waals surface area contributed by atoms with Crippen molar-refractivity contribution in [3.63, 3.8) is 0 Å². The Kier molecular flexibility index (Phi) is 3.56. The highest BCUT2D eigenvalue weighted by molar-refractivity contribution is 6.05. The summed E-state index contributed by atoms with van der Waals surface area (Å²) in [6.07, 6.45) is 4.55. The van der Waals surface area contributed by atoms with E-state index in [4.69, 9.17) is 0 Å². The summed E-state index contributed by atoms with van der Waals surface area (Å²) >= 11 is 0. The molecule has 1 saturated carbocycles. The molecular weight excluding hydrogens is 282 g/mol. The molecular formula is C17H17NO4. The summed E-state index contributed by atoms with van der Waals surface area (Å²) in [7, 11) is 0. The summed E-state index contributed by atoms with van der Waals surface area (Å²) < 4.78 is 0. The van der Waals surface area contributed by atoms with E-state index in [0.29, 0.717) is 17.7 Å². The average Bonchev–Trinajstić information content (AvgIpc) is 3.08. The van der Waals surface area contributed by atoms with Crippen molar-refractivity contribution < 1.29 is 19.5 Å². The third kappa shape index (κ3) is 2.32. The Labute approximate surface area is 128 Å². The van der Waals surface area contributed by atoms with Crippen molar-refractivity contribution >= 4 is 23.3 Å². The lowest BCUT2D eigenvalue weighted by Gasteiger charge is -2.24. The van der Waals surface area contributed by atoms with Crippen LogP contribution in [-0.2, 0) is 9.59 Å². The number of para-hydroxylation sites is 1. The molecule has 1 aromatic rings. The molecule has 4 atom stereocenters. The molecule has 5 nitrogen and oxygen atoms in total. The molecule has 0 heterocycles. The summed E-state index contributed by atoms with van der Waals surface area (Å²) in [5.41, 5.74) is 0.873. The van der Waals surface area contributed by atoms with Gasteiger partial charge in [0, 0.05) is 5.56 Å². The number of amides is 1. The largest absolute Gasteiger partial charge is 0.481 e. The summed E-state index contributed by atoms with van der Waals surface area (Å²) in [6.45, 7) is 1.44. The van der Waals surface area contributed by atoms with Crippen LogP contribution < -0.4 is 5.32 Å². The van der Waals surface area contributed by atoms with Crippen molar-refractivity contribution in [3.05, 3.63) is 42.0 Å². The van der Waals surface area contributed by atoms with Crippen LogP contribution in [0.1, 0.15) is 23.7 Å². The first-order valence-electron chi connectivity index (χ1n) is 7.31. The highest BCUT2D eigenvalue weighted by atomic mass is 16.4. The van der Waals surface area contributed by atoms with Gasteiger partial charge in [0.2, 0.25) is 5.91 Å². The lowest BCUT2D eigenvalue weighted by molar-refractivity contribution is -0.146. The fourth-order valence-electron chi connectivity index (χ4n) is 3.63. The molecule has 5 heteroatoms. The van der Waals surface area contributed by atoms with Gasteiger partial charge in [-0.05, 0) is 37.3 Å². The Morgan fingerprint density at radius 2 is 1.73 bits per heavy atom. The fraction of sp³-hybridized carbons (Fsp3) is 0.353. The first-order chi connectivity index (χ1) is 10.5. The van der Waals surface area contributed by atoms with Crippen molar-refractivity contribution in [3.8, 4) is 0 Å². The first kappa shape index (κ1) is 14.5. The minimum Gasteiger partial charge on any atom is -0.481 e. The summed E-state index contributed by atoms with van der Waals surface area (Å²) in [5.74, 6) is -2.75. The predicted molar refractivity (Wildman–Crippen MR) is 80.4 cm³/mol. The maximum Gasteiger partial charge on any atom is 0.307 e. The van der Waals surface area contributed by atoms with Crippen LogP contribution in [-0.4, -0.2) is 22.8 Å². The van der Waals surface area contributed by atoms with Crippen LogP contribution in [0.5, 0.6) is 0 Å². The van der Waals surface area contributed by atoms with Gasteiger partial charge in [0.05, 0.1) is 17.5 Å². The molecule has 0 spiro atoms. The van der Waals surface area contributed by atoms with E-state index in [-0.39, 0.29) is 23.5 Å². The molecule has 2 bridgehead atoms. The molecule has 1 aromatic carbocycles. The Morgan fingerprint density at radius 3 is 2.36 bits per heavy atom. The zero-order valence-corrected chi connectivity index (χ0v) is 12.2. The van der Waals surface area contributed by atoms with Gasteiger partial charge in [-0.3, -0.25) is 14.4 Å². The van der Waals surface area contributed by atoms with Gasteiger partial charge in [0.15, 0.2) is 5.78 Å². The molecule has 2 aliphatic carbocycles. The predicted octanol–water partition coefficient (Wildman–Crippen LogP) is 2.35. The molecule has 3 rings (SSSR count). The van der Waals surface area contributed by atoms with Crippen LogP contribution in [0.2, 0.25) is 0 Å². The van der Waals surface area contributed by atoms with Crippen molar-refractivity contribution in [2.45, 2.75) is 13.3 Å². The Balaban J connectivity index is 1.85. The fourth-order valence-corrected chi connectivity index (χ4v) is 3.63. The van der Waals surface area contributed by atoms with Crippen LogP contribution in [0.15, 0.2) is 36.4 Å². The topological polar surface area (TPSA) is 83.5 Å². The SMILES string of the molecule is CC(=O)c1ccccc1NC(=O)[C@H]1[C@@H](C(=O)O)[C@H]2C=C[C@@H]1C2. The number of carbonyl (C=O) groups excluding carboxylic acids is 2. The van der Waals surface area contributed by atoms with E-state index in [2.05, 4.69) is 5.32 Å². The molecule has 2 aliphatic rings. The number of hydrogen-bond donors (Lipinski definition) is 2. The van der Waals surface area contributed by atoms with Crippen LogP contribution in [0.4, 0.5) is 5.69 Å². The first-order valence-corrected chi connectivity index (χ1v) is 7.31. The van der Waals surface area contributed by atoms with Crippen LogP contribution in [0.3, 0.4) is 0 Å². The smallest absolute Gasteiger partial charge is 0.307 e. The molecule has 0 saturated heterocycles. The number of carbonyl (C=O) groups is 3. The van der Waals surface area contributed by atoms with E-state index >= 15 is 0 Å². The number of allylic oxidation sites excluding steroid dienone is 2. The third-order valence-corrected chi connectivity index (χ3v) is 4.61. The van der Waals surface area contributed by atoms with Gasteiger partial charge in [-0.25, -0.2) is 0 Å². The molecule has 0 aliphatic heterocycles. The zero-order chi connectivity index (χ0) is 15.9. The molecule has 0 radical (unpaired) electrons. The average molecular weight is 299 g/mol. The molecule has 1 amide bonds. The minimum atomic E-state index is -0.933. The number of benzene rings is 1. The Bertz CT molecular complexity index is 679. The lowest BCUT2D eigenvalue weighted by atomic mass is 9.82. The van der Waals surface area contributed by atoms with Crippen LogP contribution in [0.25, 0.3) is 0 Å². The second kappa shape index (κ2) is 5.40. The second-order valence-electron chi connectivity index (χ2n) is 5.93. The van der Waals surface area contributed by atoms with E-state index in [0.717, 1.165) is 0 Å². The molecule has 2 N–H and O–H groups in total. The van der Waals surface area contributed by atoms with E-state index in [1.807, 2.05) is 12.2 Å². The number of hydrogen-bond acceptors (Lipinski definition) is 3. The quantitative estimate of drug-likeness (QED) is 0.660. The van der Waals surface area contributed by atoms with Gasteiger partial charge in [-0.2, -0.15) is 0 Å². The summed E-state index contributed by atoms with van der Waals surface area (Å²) in [4.78, 5) is 35.7. The van der Waals surface area contributed by atoms with Gasteiger partial charge in [0.25, 0.3) is 0 Å². The van der Waals surface area contributed by atoms with E-state index in [9.17, 15) is 19.5 Å². The molecule has 22 heavy (non-hydrogen) atoms. The highest BCUT2D eigenvalue weighted by Gasteiger charge is 2.51. The van der Waals surface area contributed by atoms with Crippen molar-refractivity contribution in [2.24, 2.45) is 23.7 Å². The van der Waals surface area contributed by atoms with Gasteiger partial charge in [0.1, 0.15) is 0 Å². The van der Waals surface area contributed by atoms with Gasteiger partial charge >= 0.3 is 5.97 Å². The number of Topliss-reactive ketones (excluding diaryl/α,β-unsaturated/α-hetero) is 1. The molecule has 0 aromatic heterocycles. The maximum absolute atomic E-state index is 12.6. The highest BCUT2D eigenvalue weighted by Crippen LogP contribution is 2.48.